The van der Waals surface area contributed by atoms with Gasteiger partial charge in [-0.1, -0.05) is 47.6 Å². The predicted octanol–water partition coefficient (Wildman–Crippen LogP) is 2.13. The van der Waals surface area contributed by atoms with Crippen molar-refractivity contribution >= 4 is 11.6 Å². The first-order valence-electron chi connectivity index (χ1n) is 8.63. The van der Waals surface area contributed by atoms with Gasteiger partial charge in [-0.05, 0) is 28.1 Å². The summed E-state index contributed by atoms with van der Waals surface area (Å²) >= 11 is 0. The van der Waals surface area contributed by atoms with Crippen LogP contribution in [0.1, 0.15) is 17.2 Å². The first-order valence-corrected chi connectivity index (χ1v) is 8.63. The lowest BCUT2D eigenvalue weighted by Gasteiger charge is -2.27. The molecule has 0 radical (unpaired) electrons. The van der Waals surface area contributed by atoms with Crippen LogP contribution in [0.25, 0.3) is 11.3 Å². The molecule has 0 aliphatic carbocycles. The van der Waals surface area contributed by atoms with E-state index in [9.17, 15) is 4.79 Å². The van der Waals surface area contributed by atoms with Crippen LogP contribution in [-0.4, -0.2) is 37.5 Å². The van der Waals surface area contributed by atoms with Gasteiger partial charge in [0.15, 0.2) is 0 Å². The van der Waals surface area contributed by atoms with Crippen LogP contribution in [0.15, 0.2) is 59.4 Å². The first-order chi connectivity index (χ1) is 13.8. The van der Waals surface area contributed by atoms with E-state index in [1.54, 1.807) is 11.8 Å². The van der Waals surface area contributed by atoms with Crippen molar-refractivity contribution in [2.45, 2.75) is 6.04 Å². The number of nitrogens with zero attached hydrogens (tertiary/aromatic N) is 5. The molecule has 9 nitrogen and oxygen atoms in total. The zero-order valence-electron chi connectivity index (χ0n) is 14.8. The van der Waals surface area contributed by atoms with Crippen LogP contribution in [0, 0.1) is 0 Å². The van der Waals surface area contributed by atoms with Crippen LogP contribution in [0.4, 0.5) is 11.6 Å². The molecule has 0 saturated carbocycles. The number of aromatic amines is 1. The molecule has 0 unspecified atom stereocenters. The number of rotatable bonds is 3. The Balaban J connectivity index is 1.79. The third kappa shape index (κ3) is 2.44. The van der Waals surface area contributed by atoms with Crippen molar-refractivity contribution in [2.24, 2.45) is 0 Å². The van der Waals surface area contributed by atoms with Gasteiger partial charge in [0.1, 0.15) is 17.5 Å². The number of nitrogens with one attached hydrogen (secondary N) is 2. The molecule has 9 heteroatoms. The van der Waals surface area contributed by atoms with Crippen LogP contribution in [0.2, 0.25) is 0 Å². The van der Waals surface area contributed by atoms with Crippen molar-refractivity contribution in [1.29, 1.82) is 0 Å². The molecule has 5 rings (SSSR count). The molecule has 0 fully saturated rings. The van der Waals surface area contributed by atoms with E-state index in [2.05, 4.69) is 31.0 Å². The van der Waals surface area contributed by atoms with E-state index in [0.717, 1.165) is 16.9 Å². The summed E-state index contributed by atoms with van der Waals surface area (Å²) in [6.07, 6.45) is 0. The highest BCUT2D eigenvalue weighted by atomic mass is 16.5. The van der Waals surface area contributed by atoms with Gasteiger partial charge in [0, 0.05) is 11.1 Å². The molecule has 3 heterocycles. The van der Waals surface area contributed by atoms with Crippen LogP contribution in [-0.2, 0) is 0 Å². The van der Waals surface area contributed by atoms with E-state index >= 15 is 0 Å². The maximum Gasteiger partial charge on any atom is 0.288 e. The fourth-order valence-electron chi connectivity index (χ4n) is 3.45. The van der Waals surface area contributed by atoms with E-state index in [4.69, 9.17) is 4.74 Å². The minimum absolute atomic E-state index is 0.331. The smallest absolute Gasteiger partial charge is 0.288 e. The average Bonchev–Trinajstić information content (AvgIpc) is 3.22. The van der Waals surface area contributed by atoms with Gasteiger partial charge in [0.2, 0.25) is 5.95 Å². The van der Waals surface area contributed by atoms with E-state index in [1.807, 2.05) is 54.6 Å². The topological polar surface area (TPSA) is 111 Å². The number of H-pyrrole nitrogens is 1. The van der Waals surface area contributed by atoms with Crippen molar-refractivity contribution in [3.05, 3.63) is 76.1 Å². The zero-order valence-corrected chi connectivity index (χ0v) is 14.8. The minimum atomic E-state index is -0.419. The lowest BCUT2D eigenvalue weighted by molar-refractivity contribution is 0.414. The number of tetrazole rings is 1. The molecule has 1 aliphatic rings. The third-order valence-corrected chi connectivity index (χ3v) is 4.75. The number of anilines is 2. The molecule has 2 aromatic carbocycles. The number of aromatic nitrogens is 6. The lowest BCUT2D eigenvalue weighted by Crippen LogP contribution is -2.29. The number of methoxy groups -OCH3 is 1. The molecule has 0 spiro atoms. The summed E-state index contributed by atoms with van der Waals surface area (Å²) in [5.74, 6) is 1.13. The minimum Gasteiger partial charge on any atom is -0.497 e. The Labute approximate surface area is 159 Å². The fraction of sp³-hybridized carbons (Fsp3) is 0.105. The molecule has 2 aromatic heterocycles. The van der Waals surface area contributed by atoms with Crippen molar-refractivity contribution in [1.82, 2.24) is 30.4 Å². The zero-order chi connectivity index (χ0) is 19.1. The van der Waals surface area contributed by atoms with E-state index in [0.29, 0.717) is 22.9 Å². The first kappa shape index (κ1) is 16.2. The van der Waals surface area contributed by atoms with E-state index < -0.39 is 6.04 Å². The van der Waals surface area contributed by atoms with Crippen LogP contribution < -0.4 is 15.6 Å². The van der Waals surface area contributed by atoms with Crippen molar-refractivity contribution < 1.29 is 4.74 Å². The Hall–Kier alpha value is -4.01. The molecular formula is C19H15N7O2. The highest BCUT2D eigenvalue weighted by Gasteiger charge is 2.34. The van der Waals surface area contributed by atoms with Gasteiger partial charge in [-0.2, -0.15) is 9.78 Å². The second-order valence-electron chi connectivity index (χ2n) is 6.30. The number of benzene rings is 2. The van der Waals surface area contributed by atoms with Gasteiger partial charge < -0.3 is 10.1 Å². The van der Waals surface area contributed by atoms with Gasteiger partial charge >= 0.3 is 0 Å². The summed E-state index contributed by atoms with van der Waals surface area (Å²) < 4.78 is 6.92. The summed E-state index contributed by atoms with van der Waals surface area (Å²) in [5.41, 5.74) is 3.21. The van der Waals surface area contributed by atoms with Crippen LogP contribution in [0.5, 0.6) is 5.75 Å². The Morgan fingerprint density at radius 2 is 1.86 bits per heavy atom. The van der Waals surface area contributed by atoms with E-state index in [-0.39, 0.29) is 5.56 Å². The average molecular weight is 373 g/mol. The Bertz CT molecular complexity index is 1200. The Morgan fingerprint density at radius 3 is 2.61 bits per heavy atom. The Kier molecular flexibility index (Phi) is 3.64. The third-order valence-electron chi connectivity index (χ3n) is 4.75. The molecule has 0 amide bonds. The summed E-state index contributed by atoms with van der Waals surface area (Å²) in [5, 5.41) is 21.9. The maximum atomic E-state index is 12.6. The molecule has 1 atom stereocenters. The summed E-state index contributed by atoms with van der Waals surface area (Å²) in [6.45, 7) is 0. The normalized spacial score (nSPS) is 14.7. The standard InChI is InChI=1S/C19H15N7O2/c1-28-13-9-7-12(8-10-13)17-14-15(11-5-3-2-4-6-11)21-22-18(27)16(14)20-19-23-24-25-26(17)19/h2-10,17H,1H3,(H,22,27)(H,20,23,25)/t17-/m1/s1. The van der Waals surface area contributed by atoms with Crippen molar-refractivity contribution in [3.8, 4) is 17.0 Å². The van der Waals surface area contributed by atoms with Crippen molar-refractivity contribution in [2.75, 3.05) is 12.4 Å². The van der Waals surface area contributed by atoms with Crippen LogP contribution in [0.3, 0.4) is 0 Å². The number of fused-ring (bicyclic) bond motifs is 2. The summed E-state index contributed by atoms with van der Waals surface area (Å²) in [4.78, 5) is 12.6. The fourth-order valence-corrected chi connectivity index (χ4v) is 3.45. The lowest BCUT2D eigenvalue weighted by atomic mass is 9.92. The Morgan fingerprint density at radius 1 is 1.07 bits per heavy atom. The highest BCUT2D eigenvalue weighted by molar-refractivity contribution is 5.75. The molecule has 4 aromatic rings. The highest BCUT2D eigenvalue weighted by Crippen LogP contribution is 2.41. The molecule has 138 valence electrons. The summed E-state index contributed by atoms with van der Waals surface area (Å²) in [7, 11) is 1.62. The van der Waals surface area contributed by atoms with E-state index in [1.165, 1.54) is 0 Å². The van der Waals surface area contributed by atoms with Crippen molar-refractivity contribution in [3.63, 3.8) is 0 Å². The molecule has 0 saturated heterocycles. The number of hydrogen-bond acceptors (Lipinski definition) is 7. The van der Waals surface area contributed by atoms with Gasteiger partial charge in [0.05, 0.1) is 12.8 Å². The van der Waals surface area contributed by atoms with Gasteiger partial charge in [-0.3, -0.25) is 4.79 Å². The van der Waals surface area contributed by atoms with Crippen LogP contribution >= 0.6 is 0 Å². The summed E-state index contributed by atoms with van der Waals surface area (Å²) in [6, 6.07) is 16.8. The second-order valence-corrected chi connectivity index (χ2v) is 6.30. The SMILES string of the molecule is COc1ccc([C@@H]2c3c(-c4ccccc4)n[nH]c(=O)c3Nc3nnnn32)cc1. The molecule has 1 aliphatic heterocycles. The largest absolute Gasteiger partial charge is 0.497 e. The predicted molar refractivity (Wildman–Crippen MR) is 102 cm³/mol. The molecule has 28 heavy (non-hydrogen) atoms. The monoisotopic (exact) mass is 373 g/mol. The maximum absolute atomic E-state index is 12.6. The molecular weight excluding hydrogens is 358 g/mol. The van der Waals surface area contributed by atoms with Gasteiger partial charge in [0.25, 0.3) is 5.56 Å². The number of ether oxygens (including phenoxy) is 1. The molecule has 2 N–H and O–H groups in total. The second kappa shape index (κ2) is 6.31. The van der Waals surface area contributed by atoms with Gasteiger partial charge in [-0.25, -0.2) is 5.10 Å². The van der Waals surface area contributed by atoms with Gasteiger partial charge in [-0.15, -0.1) is 0 Å². The number of hydrogen-bond donors (Lipinski definition) is 2. The molecule has 0 bridgehead atoms. The quantitative estimate of drug-likeness (QED) is 0.498.